The second kappa shape index (κ2) is 5.15. The molecule has 14 heavy (non-hydrogen) atoms. The summed E-state index contributed by atoms with van der Waals surface area (Å²) in [7, 11) is 0. The van der Waals surface area contributed by atoms with E-state index in [0.717, 1.165) is 10.5 Å². The number of rotatable bonds is 3. The molecule has 1 saturated carbocycles. The van der Waals surface area contributed by atoms with E-state index in [1.54, 1.807) is 0 Å². The Labute approximate surface area is 99.8 Å². The van der Waals surface area contributed by atoms with E-state index in [9.17, 15) is 0 Å². The van der Waals surface area contributed by atoms with Crippen LogP contribution in [0.2, 0.25) is 0 Å². The Bertz CT molecular complexity index is 299. The molecule has 0 spiro atoms. The molecule has 0 heterocycles. The quantitative estimate of drug-likeness (QED) is 0.888. The van der Waals surface area contributed by atoms with Gasteiger partial charge in [-0.25, -0.2) is 0 Å². The smallest absolute Gasteiger partial charge is 0.0294 e. The fraction of sp³-hybridized carbons (Fsp3) is 0.455. The first kappa shape index (κ1) is 12.0. The summed E-state index contributed by atoms with van der Waals surface area (Å²) >= 11 is 3.48. The normalized spacial score (nSPS) is 17.3. The van der Waals surface area contributed by atoms with Crippen molar-refractivity contribution >= 4 is 28.3 Å². The van der Waals surface area contributed by atoms with Crippen molar-refractivity contribution in [2.75, 3.05) is 0 Å². The first-order valence-electron chi connectivity index (χ1n) is 4.77. The van der Waals surface area contributed by atoms with Crippen LogP contribution in [0.1, 0.15) is 31.4 Å². The largest absolute Gasteiger partial charge is 0.307 e. The minimum atomic E-state index is 0. The van der Waals surface area contributed by atoms with Gasteiger partial charge >= 0.3 is 0 Å². The van der Waals surface area contributed by atoms with E-state index in [0.29, 0.717) is 6.04 Å². The summed E-state index contributed by atoms with van der Waals surface area (Å²) in [6.07, 6.45) is 2.69. The van der Waals surface area contributed by atoms with Gasteiger partial charge in [-0.1, -0.05) is 28.1 Å². The molecule has 1 N–H and O–H groups in total. The Kier molecular flexibility index (Phi) is 4.42. The SMILES string of the molecule is CC(NC1CC1)c1cccc(Br)c1.Cl. The molecule has 1 aromatic rings. The van der Waals surface area contributed by atoms with Gasteiger partial charge in [0.15, 0.2) is 0 Å². The number of nitrogens with one attached hydrogen (secondary N) is 1. The van der Waals surface area contributed by atoms with Gasteiger partial charge in [0.1, 0.15) is 0 Å². The highest BCUT2D eigenvalue weighted by molar-refractivity contribution is 9.10. The van der Waals surface area contributed by atoms with E-state index in [-0.39, 0.29) is 12.4 Å². The average molecular weight is 277 g/mol. The van der Waals surface area contributed by atoms with E-state index < -0.39 is 0 Å². The van der Waals surface area contributed by atoms with Crippen molar-refractivity contribution in [3.63, 3.8) is 0 Å². The standard InChI is InChI=1S/C11H14BrN.ClH/c1-8(13-11-5-6-11)9-3-2-4-10(12)7-9;/h2-4,7-8,11,13H,5-6H2,1H3;1H. The molecule has 1 aromatic carbocycles. The van der Waals surface area contributed by atoms with Crippen molar-refractivity contribution in [3.8, 4) is 0 Å². The zero-order chi connectivity index (χ0) is 9.26. The van der Waals surface area contributed by atoms with Gasteiger partial charge in [-0.2, -0.15) is 0 Å². The Hall–Kier alpha value is -0.0500. The van der Waals surface area contributed by atoms with Gasteiger partial charge in [0.25, 0.3) is 0 Å². The molecule has 0 saturated heterocycles. The summed E-state index contributed by atoms with van der Waals surface area (Å²) in [5.41, 5.74) is 1.36. The number of hydrogen-bond donors (Lipinski definition) is 1. The summed E-state index contributed by atoms with van der Waals surface area (Å²) in [6, 6.07) is 9.75. The lowest BCUT2D eigenvalue weighted by Crippen LogP contribution is -2.20. The lowest BCUT2D eigenvalue weighted by Gasteiger charge is -2.13. The summed E-state index contributed by atoms with van der Waals surface area (Å²) < 4.78 is 1.16. The summed E-state index contributed by atoms with van der Waals surface area (Å²) in [5.74, 6) is 0. The van der Waals surface area contributed by atoms with Crippen LogP contribution in [0.15, 0.2) is 28.7 Å². The third-order valence-corrected chi connectivity index (χ3v) is 2.90. The molecule has 2 rings (SSSR count). The van der Waals surface area contributed by atoms with Crippen LogP contribution in [-0.2, 0) is 0 Å². The molecule has 1 aliphatic rings. The average Bonchev–Trinajstić information content (AvgIpc) is 2.88. The third kappa shape index (κ3) is 3.26. The summed E-state index contributed by atoms with van der Waals surface area (Å²) in [6.45, 7) is 2.22. The van der Waals surface area contributed by atoms with Crippen LogP contribution in [0, 0.1) is 0 Å². The van der Waals surface area contributed by atoms with Gasteiger partial charge in [0.05, 0.1) is 0 Å². The highest BCUT2D eigenvalue weighted by Gasteiger charge is 2.23. The minimum Gasteiger partial charge on any atom is -0.307 e. The van der Waals surface area contributed by atoms with Crippen molar-refractivity contribution in [2.45, 2.75) is 31.8 Å². The molecule has 0 aromatic heterocycles. The highest BCUT2D eigenvalue weighted by Crippen LogP contribution is 2.25. The number of hydrogen-bond acceptors (Lipinski definition) is 1. The molecular weight excluding hydrogens is 261 g/mol. The van der Waals surface area contributed by atoms with Crippen LogP contribution in [0.3, 0.4) is 0 Å². The van der Waals surface area contributed by atoms with E-state index in [1.165, 1.54) is 18.4 Å². The van der Waals surface area contributed by atoms with E-state index in [2.05, 4.69) is 52.4 Å². The lowest BCUT2D eigenvalue weighted by atomic mass is 10.1. The molecule has 0 radical (unpaired) electrons. The molecule has 0 amide bonds. The second-order valence-corrected chi connectivity index (χ2v) is 4.63. The molecule has 3 heteroatoms. The van der Waals surface area contributed by atoms with Crippen LogP contribution >= 0.6 is 28.3 Å². The maximum atomic E-state index is 3.58. The second-order valence-electron chi connectivity index (χ2n) is 3.72. The number of halogens is 2. The predicted octanol–water partition coefficient (Wildman–Crippen LogP) is 3.68. The summed E-state index contributed by atoms with van der Waals surface area (Å²) in [5, 5.41) is 3.58. The van der Waals surface area contributed by atoms with E-state index in [4.69, 9.17) is 0 Å². The van der Waals surface area contributed by atoms with Gasteiger partial charge in [-0.3, -0.25) is 0 Å². The van der Waals surface area contributed by atoms with Crippen molar-refractivity contribution in [1.82, 2.24) is 5.32 Å². The molecule has 1 unspecified atom stereocenters. The molecule has 78 valence electrons. The first-order valence-corrected chi connectivity index (χ1v) is 5.56. The van der Waals surface area contributed by atoms with Gasteiger partial charge in [-0.05, 0) is 37.5 Å². The lowest BCUT2D eigenvalue weighted by molar-refractivity contribution is 0.571. The Morgan fingerprint density at radius 2 is 2.14 bits per heavy atom. The van der Waals surface area contributed by atoms with Crippen molar-refractivity contribution in [1.29, 1.82) is 0 Å². The topological polar surface area (TPSA) is 12.0 Å². The molecule has 0 bridgehead atoms. The minimum absolute atomic E-state index is 0. The van der Waals surface area contributed by atoms with Crippen LogP contribution in [0.25, 0.3) is 0 Å². The zero-order valence-electron chi connectivity index (χ0n) is 8.16. The molecule has 1 nitrogen and oxygen atoms in total. The van der Waals surface area contributed by atoms with Crippen LogP contribution in [0.4, 0.5) is 0 Å². The Morgan fingerprint density at radius 1 is 1.43 bits per heavy atom. The molecular formula is C11H15BrClN. The predicted molar refractivity (Wildman–Crippen MR) is 66.0 cm³/mol. The fourth-order valence-electron chi connectivity index (χ4n) is 1.48. The van der Waals surface area contributed by atoms with Gasteiger partial charge in [0, 0.05) is 16.6 Å². The summed E-state index contributed by atoms with van der Waals surface area (Å²) in [4.78, 5) is 0. The van der Waals surface area contributed by atoms with E-state index in [1.807, 2.05) is 0 Å². The van der Waals surface area contributed by atoms with Gasteiger partial charge < -0.3 is 5.32 Å². The number of benzene rings is 1. The Balaban J connectivity index is 0.000000980. The monoisotopic (exact) mass is 275 g/mol. The molecule has 1 atom stereocenters. The van der Waals surface area contributed by atoms with Crippen molar-refractivity contribution < 1.29 is 0 Å². The van der Waals surface area contributed by atoms with Crippen LogP contribution in [-0.4, -0.2) is 6.04 Å². The molecule has 0 aliphatic heterocycles. The van der Waals surface area contributed by atoms with Crippen molar-refractivity contribution in [2.24, 2.45) is 0 Å². The molecule has 1 fully saturated rings. The van der Waals surface area contributed by atoms with Crippen molar-refractivity contribution in [3.05, 3.63) is 34.3 Å². The third-order valence-electron chi connectivity index (χ3n) is 2.41. The van der Waals surface area contributed by atoms with Gasteiger partial charge in [0.2, 0.25) is 0 Å². The van der Waals surface area contributed by atoms with E-state index >= 15 is 0 Å². The van der Waals surface area contributed by atoms with Crippen LogP contribution in [0.5, 0.6) is 0 Å². The maximum Gasteiger partial charge on any atom is 0.0294 e. The maximum absolute atomic E-state index is 3.58. The van der Waals surface area contributed by atoms with Crippen LogP contribution < -0.4 is 5.32 Å². The zero-order valence-corrected chi connectivity index (χ0v) is 10.6. The highest BCUT2D eigenvalue weighted by atomic mass is 79.9. The molecule has 1 aliphatic carbocycles. The van der Waals surface area contributed by atoms with Gasteiger partial charge in [-0.15, -0.1) is 12.4 Å². The Morgan fingerprint density at radius 3 is 2.71 bits per heavy atom. The first-order chi connectivity index (χ1) is 6.25. The fourth-order valence-corrected chi connectivity index (χ4v) is 1.89.